The first-order valence-corrected chi connectivity index (χ1v) is 9.96. The molecule has 0 radical (unpaired) electrons. The van der Waals surface area contributed by atoms with E-state index in [4.69, 9.17) is 14.2 Å². The third kappa shape index (κ3) is 4.69. The number of hydrogen-bond donors (Lipinski definition) is 1. The molecule has 1 aliphatic rings. The van der Waals surface area contributed by atoms with Crippen LogP contribution >= 0.6 is 11.8 Å². The number of alkyl carbamates (subject to hydrolysis) is 1. The Morgan fingerprint density at radius 2 is 1.93 bits per heavy atom. The fraction of sp³-hybridized carbons (Fsp3) is 0.600. The SMILES string of the molecule is CCOC(=O)NCCC1(C)SC(OC(C)=O)C(C)(C)c2ccc(OC)cc21. The van der Waals surface area contributed by atoms with Crippen LogP contribution in [0.5, 0.6) is 5.75 Å². The van der Waals surface area contributed by atoms with Gasteiger partial charge < -0.3 is 19.5 Å². The van der Waals surface area contributed by atoms with E-state index in [9.17, 15) is 9.59 Å². The number of nitrogens with one attached hydrogen (secondary N) is 1. The smallest absolute Gasteiger partial charge is 0.407 e. The summed E-state index contributed by atoms with van der Waals surface area (Å²) >= 11 is 1.61. The predicted octanol–water partition coefficient (Wildman–Crippen LogP) is 3.96. The van der Waals surface area contributed by atoms with Crippen molar-refractivity contribution in [2.45, 2.75) is 56.6 Å². The first-order chi connectivity index (χ1) is 12.6. The van der Waals surface area contributed by atoms with Crippen molar-refractivity contribution in [3.05, 3.63) is 29.3 Å². The van der Waals surface area contributed by atoms with E-state index >= 15 is 0 Å². The lowest BCUT2D eigenvalue weighted by atomic mass is 9.77. The van der Waals surface area contributed by atoms with Crippen LogP contribution in [0.15, 0.2) is 18.2 Å². The molecule has 2 unspecified atom stereocenters. The topological polar surface area (TPSA) is 73.9 Å². The number of carbonyl (C=O) groups is 2. The molecule has 2 rings (SSSR count). The molecule has 0 fully saturated rings. The number of methoxy groups -OCH3 is 1. The van der Waals surface area contributed by atoms with Gasteiger partial charge in [-0.25, -0.2) is 4.79 Å². The second-order valence-corrected chi connectivity index (χ2v) is 8.89. The van der Waals surface area contributed by atoms with E-state index in [0.29, 0.717) is 19.6 Å². The Labute approximate surface area is 165 Å². The van der Waals surface area contributed by atoms with Gasteiger partial charge in [0, 0.05) is 23.6 Å². The van der Waals surface area contributed by atoms with E-state index < -0.39 is 6.09 Å². The van der Waals surface area contributed by atoms with E-state index in [1.807, 2.05) is 18.2 Å². The molecule has 0 saturated heterocycles. The van der Waals surface area contributed by atoms with E-state index in [0.717, 1.165) is 16.9 Å². The molecule has 27 heavy (non-hydrogen) atoms. The Morgan fingerprint density at radius 3 is 2.52 bits per heavy atom. The molecule has 1 aromatic carbocycles. The Balaban J connectivity index is 2.36. The quantitative estimate of drug-likeness (QED) is 0.735. The zero-order chi connectivity index (χ0) is 20.2. The molecule has 0 spiro atoms. The molecule has 1 heterocycles. The molecule has 150 valence electrons. The molecule has 0 aromatic heterocycles. The van der Waals surface area contributed by atoms with Gasteiger partial charge >= 0.3 is 12.1 Å². The first-order valence-electron chi connectivity index (χ1n) is 9.08. The molecule has 1 N–H and O–H groups in total. The van der Waals surface area contributed by atoms with Crippen LogP contribution in [-0.4, -0.2) is 37.8 Å². The van der Waals surface area contributed by atoms with Crippen LogP contribution in [0.4, 0.5) is 4.79 Å². The number of thioether (sulfide) groups is 1. The van der Waals surface area contributed by atoms with Gasteiger partial charge in [-0.05, 0) is 43.5 Å². The normalized spacial score (nSPS) is 23.1. The number of benzene rings is 1. The maximum absolute atomic E-state index is 11.7. The molecule has 2 atom stereocenters. The maximum Gasteiger partial charge on any atom is 0.407 e. The molecular formula is C20H29NO5S. The Bertz CT molecular complexity index is 706. The average molecular weight is 396 g/mol. The molecule has 1 aliphatic heterocycles. The third-order valence-corrected chi connectivity index (χ3v) is 6.71. The second-order valence-electron chi connectivity index (χ2n) is 7.32. The van der Waals surface area contributed by atoms with Gasteiger partial charge in [0.05, 0.1) is 13.7 Å². The van der Waals surface area contributed by atoms with Gasteiger partial charge in [0.1, 0.15) is 5.75 Å². The molecule has 1 aromatic rings. The maximum atomic E-state index is 11.7. The van der Waals surface area contributed by atoms with Crippen LogP contribution in [0.25, 0.3) is 0 Å². The fourth-order valence-electron chi connectivity index (χ4n) is 3.32. The van der Waals surface area contributed by atoms with Crippen molar-refractivity contribution in [3.63, 3.8) is 0 Å². The molecule has 7 heteroatoms. The van der Waals surface area contributed by atoms with Crippen molar-refractivity contribution in [2.24, 2.45) is 0 Å². The van der Waals surface area contributed by atoms with Crippen LogP contribution in [0, 0.1) is 0 Å². The van der Waals surface area contributed by atoms with Gasteiger partial charge in [-0.3, -0.25) is 4.79 Å². The van der Waals surface area contributed by atoms with Crippen LogP contribution in [0.1, 0.15) is 52.2 Å². The fourth-order valence-corrected chi connectivity index (χ4v) is 4.92. The summed E-state index contributed by atoms with van der Waals surface area (Å²) in [5.74, 6) is 0.477. The van der Waals surface area contributed by atoms with Crippen molar-refractivity contribution in [1.82, 2.24) is 5.32 Å². The highest BCUT2D eigenvalue weighted by atomic mass is 32.2. The molecule has 0 aliphatic carbocycles. The van der Waals surface area contributed by atoms with Crippen LogP contribution in [0.3, 0.4) is 0 Å². The van der Waals surface area contributed by atoms with Crippen molar-refractivity contribution < 1.29 is 23.8 Å². The lowest BCUT2D eigenvalue weighted by molar-refractivity contribution is -0.144. The first kappa shape index (κ1) is 21.4. The number of hydrogen-bond acceptors (Lipinski definition) is 6. The van der Waals surface area contributed by atoms with Crippen LogP contribution in [0.2, 0.25) is 0 Å². The number of fused-ring (bicyclic) bond motifs is 1. The minimum absolute atomic E-state index is 0.301. The Hall–Kier alpha value is -1.89. The number of esters is 1. The number of ether oxygens (including phenoxy) is 3. The van der Waals surface area contributed by atoms with Crippen molar-refractivity contribution >= 4 is 23.8 Å². The zero-order valence-corrected chi connectivity index (χ0v) is 17.7. The summed E-state index contributed by atoms with van der Waals surface area (Å²) in [7, 11) is 1.64. The van der Waals surface area contributed by atoms with E-state index in [2.05, 4.69) is 26.1 Å². The average Bonchev–Trinajstić information content (AvgIpc) is 2.59. The van der Waals surface area contributed by atoms with E-state index in [-0.39, 0.29) is 21.6 Å². The summed E-state index contributed by atoms with van der Waals surface area (Å²) in [4.78, 5) is 23.3. The lowest BCUT2D eigenvalue weighted by Gasteiger charge is -2.47. The standard InChI is InChI=1S/C20H29NO5S/c1-7-25-18(23)21-11-10-20(5)16-12-14(24-6)8-9-15(16)19(3,4)17(27-20)26-13(2)22/h8-9,12,17H,7,10-11H2,1-6H3,(H,21,23). The molecule has 0 saturated carbocycles. The van der Waals surface area contributed by atoms with Crippen LogP contribution < -0.4 is 10.1 Å². The summed E-state index contributed by atoms with van der Waals surface area (Å²) in [6, 6.07) is 6.01. The Morgan fingerprint density at radius 1 is 1.22 bits per heavy atom. The van der Waals surface area contributed by atoms with E-state index in [1.54, 1.807) is 25.8 Å². The number of rotatable bonds is 6. The summed E-state index contributed by atoms with van der Waals surface area (Å²) in [5, 5.41) is 2.78. The van der Waals surface area contributed by atoms with E-state index in [1.165, 1.54) is 6.92 Å². The van der Waals surface area contributed by atoms with Crippen LogP contribution in [-0.2, 0) is 24.4 Å². The van der Waals surface area contributed by atoms with Gasteiger partial charge in [0.15, 0.2) is 5.44 Å². The van der Waals surface area contributed by atoms with Gasteiger partial charge in [0.2, 0.25) is 0 Å². The number of carbonyl (C=O) groups excluding carboxylic acids is 2. The third-order valence-electron chi connectivity index (χ3n) is 4.87. The summed E-state index contributed by atoms with van der Waals surface area (Å²) < 4.78 is 15.7. The van der Waals surface area contributed by atoms with Crippen molar-refractivity contribution in [1.29, 1.82) is 0 Å². The largest absolute Gasteiger partial charge is 0.497 e. The predicted molar refractivity (Wildman–Crippen MR) is 106 cm³/mol. The zero-order valence-electron chi connectivity index (χ0n) is 16.9. The molecular weight excluding hydrogens is 366 g/mol. The minimum Gasteiger partial charge on any atom is -0.497 e. The Kier molecular flexibility index (Phi) is 6.68. The minimum atomic E-state index is -0.426. The summed E-state index contributed by atoms with van der Waals surface area (Å²) in [6.07, 6.45) is 0.231. The summed E-state index contributed by atoms with van der Waals surface area (Å²) in [6.45, 7) is 10.2. The number of amides is 1. The van der Waals surface area contributed by atoms with Gasteiger partial charge in [0.25, 0.3) is 0 Å². The van der Waals surface area contributed by atoms with Gasteiger partial charge in [-0.15, -0.1) is 11.8 Å². The highest BCUT2D eigenvalue weighted by molar-refractivity contribution is 8.00. The van der Waals surface area contributed by atoms with Gasteiger partial charge in [-0.1, -0.05) is 19.9 Å². The molecule has 6 nitrogen and oxygen atoms in total. The van der Waals surface area contributed by atoms with Crippen molar-refractivity contribution in [2.75, 3.05) is 20.3 Å². The van der Waals surface area contributed by atoms with Gasteiger partial charge in [-0.2, -0.15) is 0 Å². The monoisotopic (exact) mass is 395 g/mol. The summed E-state index contributed by atoms with van der Waals surface area (Å²) in [5.41, 5.74) is 1.56. The highest BCUT2D eigenvalue weighted by Crippen LogP contribution is 2.55. The second kappa shape index (κ2) is 8.42. The molecule has 0 bridgehead atoms. The highest BCUT2D eigenvalue weighted by Gasteiger charge is 2.48. The van der Waals surface area contributed by atoms with Crippen molar-refractivity contribution in [3.8, 4) is 5.75 Å². The molecule has 1 amide bonds. The lowest BCUT2D eigenvalue weighted by Crippen LogP contribution is -2.45.